The lowest BCUT2D eigenvalue weighted by molar-refractivity contribution is 0.102. The Labute approximate surface area is 158 Å². The molecule has 3 heterocycles. The Morgan fingerprint density at radius 1 is 1.19 bits per heavy atom. The SMILES string of the molecule is Cc1nc(NC(=O)c2nc3c(s2)CCC(Cl)=C3)nc(-c2ccccn2)n1. The topological polar surface area (TPSA) is 93.6 Å². The van der Waals surface area contributed by atoms with E-state index in [9.17, 15) is 4.79 Å². The van der Waals surface area contributed by atoms with Crippen LogP contribution in [0.3, 0.4) is 0 Å². The Bertz CT molecular complexity index is 1020. The lowest BCUT2D eigenvalue weighted by Gasteiger charge is -2.05. The summed E-state index contributed by atoms with van der Waals surface area (Å²) in [4.78, 5) is 34.9. The summed E-state index contributed by atoms with van der Waals surface area (Å²) in [5, 5.41) is 3.80. The Hall–Kier alpha value is -2.71. The minimum absolute atomic E-state index is 0.171. The smallest absolute Gasteiger partial charge is 0.287 e. The van der Waals surface area contributed by atoms with Crippen LogP contribution in [-0.4, -0.2) is 30.8 Å². The molecule has 0 unspecified atom stereocenters. The number of carbonyl (C=O) groups excluding carboxylic acids is 1. The summed E-state index contributed by atoms with van der Waals surface area (Å²) < 4.78 is 0. The molecule has 7 nitrogen and oxygen atoms in total. The number of aryl methyl sites for hydroxylation is 2. The first-order chi connectivity index (χ1) is 12.6. The molecule has 0 fully saturated rings. The van der Waals surface area contributed by atoms with E-state index in [-0.39, 0.29) is 11.9 Å². The van der Waals surface area contributed by atoms with Gasteiger partial charge in [0.15, 0.2) is 10.8 Å². The van der Waals surface area contributed by atoms with Crippen LogP contribution >= 0.6 is 22.9 Å². The van der Waals surface area contributed by atoms with Gasteiger partial charge >= 0.3 is 0 Å². The second-order valence-electron chi connectivity index (χ2n) is 5.62. The number of halogens is 1. The van der Waals surface area contributed by atoms with E-state index in [1.165, 1.54) is 11.3 Å². The molecule has 1 N–H and O–H groups in total. The second-order valence-corrected chi connectivity index (χ2v) is 7.19. The number of pyridine rings is 1. The molecule has 9 heteroatoms. The number of allylic oxidation sites excluding steroid dienone is 1. The van der Waals surface area contributed by atoms with Crippen molar-refractivity contribution in [3.63, 3.8) is 0 Å². The van der Waals surface area contributed by atoms with Crippen molar-refractivity contribution in [1.82, 2.24) is 24.9 Å². The fourth-order valence-electron chi connectivity index (χ4n) is 2.51. The van der Waals surface area contributed by atoms with Crippen LogP contribution in [0.5, 0.6) is 0 Å². The third-order valence-corrected chi connectivity index (χ3v) is 5.10. The van der Waals surface area contributed by atoms with Crippen LogP contribution in [0.25, 0.3) is 17.6 Å². The van der Waals surface area contributed by atoms with E-state index in [2.05, 4.69) is 30.2 Å². The summed E-state index contributed by atoms with van der Waals surface area (Å²) in [6, 6.07) is 5.45. The average Bonchev–Trinajstić information content (AvgIpc) is 3.05. The quantitative estimate of drug-likeness (QED) is 0.743. The number of carbonyl (C=O) groups is 1. The average molecular weight is 385 g/mol. The summed E-state index contributed by atoms with van der Waals surface area (Å²) in [5.74, 6) is 0.710. The molecule has 0 saturated carbocycles. The molecule has 0 radical (unpaired) electrons. The molecule has 0 atom stereocenters. The Balaban J connectivity index is 1.60. The van der Waals surface area contributed by atoms with Gasteiger partial charge in [0.25, 0.3) is 5.91 Å². The molecule has 1 amide bonds. The van der Waals surface area contributed by atoms with E-state index < -0.39 is 0 Å². The number of thiazole rings is 1. The molecule has 1 aliphatic rings. The van der Waals surface area contributed by atoms with Gasteiger partial charge in [-0.25, -0.2) is 9.97 Å². The van der Waals surface area contributed by atoms with Crippen LogP contribution in [0.1, 0.15) is 32.6 Å². The first-order valence-corrected chi connectivity index (χ1v) is 9.09. The fraction of sp³-hybridized carbons (Fsp3) is 0.176. The zero-order chi connectivity index (χ0) is 18.1. The Morgan fingerprint density at radius 3 is 2.88 bits per heavy atom. The summed E-state index contributed by atoms with van der Waals surface area (Å²) in [5.41, 5.74) is 1.37. The highest BCUT2D eigenvalue weighted by Gasteiger charge is 2.20. The summed E-state index contributed by atoms with van der Waals surface area (Å²) in [6.45, 7) is 1.73. The van der Waals surface area contributed by atoms with Gasteiger partial charge in [0.1, 0.15) is 11.5 Å². The molecule has 3 aromatic heterocycles. The number of rotatable bonds is 3. The van der Waals surface area contributed by atoms with E-state index >= 15 is 0 Å². The third-order valence-electron chi connectivity index (χ3n) is 3.67. The van der Waals surface area contributed by atoms with Gasteiger partial charge in [0.2, 0.25) is 5.95 Å². The number of aromatic nitrogens is 5. The minimum atomic E-state index is -0.355. The Morgan fingerprint density at radius 2 is 2.08 bits per heavy atom. The van der Waals surface area contributed by atoms with Crippen molar-refractivity contribution in [2.24, 2.45) is 0 Å². The molecule has 0 aromatic carbocycles. The zero-order valence-corrected chi connectivity index (χ0v) is 15.3. The van der Waals surface area contributed by atoms with Gasteiger partial charge in [-0.15, -0.1) is 11.3 Å². The van der Waals surface area contributed by atoms with Crippen molar-refractivity contribution >= 4 is 40.9 Å². The maximum Gasteiger partial charge on any atom is 0.287 e. The monoisotopic (exact) mass is 384 g/mol. The summed E-state index contributed by atoms with van der Waals surface area (Å²) >= 11 is 7.41. The molecule has 26 heavy (non-hydrogen) atoms. The van der Waals surface area contributed by atoms with E-state index in [1.54, 1.807) is 25.3 Å². The van der Waals surface area contributed by atoms with E-state index in [0.717, 1.165) is 28.4 Å². The normalized spacial score (nSPS) is 13.1. The number of amides is 1. The van der Waals surface area contributed by atoms with E-state index in [0.29, 0.717) is 22.4 Å². The van der Waals surface area contributed by atoms with Crippen LogP contribution in [0.15, 0.2) is 29.4 Å². The van der Waals surface area contributed by atoms with Gasteiger partial charge in [-0.05, 0) is 38.0 Å². The van der Waals surface area contributed by atoms with Crippen molar-refractivity contribution in [3.8, 4) is 11.5 Å². The third kappa shape index (κ3) is 3.47. The molecule has 1 aliphatic carbocycles. The number of nitrogens with zero attached hydrogens (tertiary/aromatic N) is 5. The van der Waals surface area contributed by atoms with Gasteiger partial charge in [-0.1, -0.05) is 17.7 Å². The van der Waals surface area contributed by atoms with Crippen molar-refractivity contribution in [2.75, 3.05) is 5.32 Å². The number of anilines is 1. The van der Waals surface area contributed by atoms with Gasteiger partial charge < -0.3 is 0 Å². The standard InChI is InChI=1S/C17H13ClN6OS/c1-9-20-14(11-4-2-3-7-19-11)23-17(21-9)24-15(25)16-22-12-8-10(18)5-6-13(12)26-16/h2-4,7-8H,5-6H2,1H3,(H,20,21,23,24,25). The summed E-state index contributed by atoms with van der Waals surface area (Å²) in [6.07, 6.45) is 5.04. The molecule has 0 spiro atoms. The first kappa shape index (κ1) is 16.7. The summed E-state index contributed by atoms with van der Waals surface area (Å²) in [7, 11) is 0. The molecule has 130 valence electrons. The van der Waals surface area contributed by atoms with Crippen molar-refractivity contribution in [1.29, 1.82) is 0 Å². The largest absolute Gasteiger partial charge is 0.288 e. The Kier molecular flexibility index (Phi) is 4.44. The zero-order valence-electron chi connectivity index (χ0n) is 13.7. The van der Waals surface area contributed by atoms with E-state index in [4.69, 9.17) is 11.6 Å². The van der Waals surface area contributed by atoms with Gasteiger partial charge in [-0.3, -0.25) is 15.1 Å². The highest BCUT2D eigenvalue weighted by atomic mass is 35.5. The lowest BCUT2D eigenvalue weighted by Crippen LogP contribution is -2.15. The number of nitrogens with one attached hydrogen (secondary N) is 1. The fourth-order valence-corrected chi connectivity index (χ4v) is 3.64. The maximum absolute atomic E-state index is 12.5. The molecule has 3 aromatic rings. The van der Waals surface area contributed by atoms with Crippen LogP contribution in [0, 0.1) is 6.92 Å². The molecule has 0 bridgehead atoms. The second kappa shape index (κ2) is 6.89. The van der Waals surface area contributed by atoms with Gasteiger partial charge in [0.05, 0.1) is 5.69 Å². The van der Waals surface area contributed by atoms with Crippen LogP contribution < -0.4 is 5.32 Å². The molecule has 0 aliphatic heterocycles. The number of fused-ring (bicyclic) bond motifs is 1. The minimum Gasteiger partial charge on any atom is -0.288 e. The van der Waals surface area contributed by atoms with Crippen molar-refractivity contribution in [3.05, 3.63) is 50.8 Å². The lowest BCUT2D eigenvalue weighted by atomic mass is 10.1. The highest BCUT2D eigenvalue weighted by molar-refractivity contribution is 7.14. The van der Waals surface area contributed by atoms with Crippen LogP contribution in [-0.2, 0) is 6.42 Å². The van der Waals surface area contributed by atoms with Crippen LogP contribution in [0.2, 0.25) is 0 Å². The maximum atomic E-state index is 12.5. The predicted octanol–water partition coefficient (Wildman–Crippen LogP) is 3.48. The van der Waals surface area contributed by atoms with Crippen molar-refractivity contribution < 1.29 is 4.79 Å². The molecular formula is C17H13ClN6OS. The molecule has 0 saturated heterocycles. The first-order valence-electron chi connectivity index (χ1n) is 7.90. The van der Waals surface area contributed by atoms with Crippen LogP contribution in [0.4, 0.5) is 5.95 Å². The molecular weight excluding hydrogens is 372 g/mol. The number of hydrogen-bond donors (Lipinski definition) is 1. The van der Waals surface area contributed by atoms with E-state index in [1.807, 2.05) is 12.1 Å². The van der Waals surface area contributed by atoms with Crippen molar-refractivity contribution in [2.45, 2.75) is 19.8 Å². The predicted molar refractivity (Wildman–Crippen MR) is 100 cm³/mol. The van der Waals surface area contributed by atoms with Gasteiger partial charge in [0, 0.05) is 16.1 Å². The number of hydrogen-bond acceptors (Lipinski definition) is 7. The van der Waals surface area contributed by atoms with Gasteiger partial charge in [-0.2, -0.15) is 9.97 Å². The highest BCUT2D eigenvalue weighted by Crippen LogP contribution is 2.30. The molecule has 4 rings (SSSR count).